The van der Waals surface area contributed by atoms with Crippen LogP contribution < -0.4 is 0 Å². The second-order valence-corrected chi connectivity index (χ2v) is 7.39. The van der Waals surface area contributed by atoms with E-state index < -0.39 is 21.9 Å². The van der Waals surface area contributed by atoms with E-state index in [2.05, 4.69) is 4.98 Å². The number of nitrogens with zero attached hydrogens (tertiary/aromatic N) is 2. The Balaban J connectivity index is 0.00000176. The molecule has 2 rings (SSSR count). The molecule has 0 fully saturated rings. The van der Waals surface area contributed by atoms with Gasteiger partial charge in [-0.15, -0.1) is 0 Å². The molecule has 0 aliphatic rings. The van der Waals surface area contributed by atoms with Gasteiger partial charge in [-0.25, -0.2) is 0 Å². The zero-order valence-electron chi connectivity index (χ0n) is 17.1. The van der Waals surface area contributed by atoms with Gasteiger partial charge in [0.1, 0.15) is 5.60 Å². The summed E-state index contributed by atoms with van der Waals surface area (Å²) >= 11 is 0. The van der Waals surface area contributed by atoms with Crippen molar-refractivity contribution in [2.24, 2.45) is 0 Å². The maximum atomic E-state index is 12.6. The molecule has 0 unspecified atom stereocenters. The number of non-ortho nitro benzene ring substituents is 1. The minimum absolute atomic E-state index is 0.0686. The molecule has 0 aliphatic heterocycles. The number of nitro groups is 1. The first-order chi connectivity index (χ1) is 12.5. The largest absolute Gasteiger partial charge is 0.459 e. The van der Waals surface area contributed by atoms with Gasteiger partial charge in [0.05, 0.1) is 10.3 Å². The van der Waals surface area contributed by atoms with Crippen LogP contribution in [0, 0.1) is 10.1 Å². The van der Waals surface area contributed by atoms with Crippen LogP contribution in [0.4, 0.5) is 5.69 Å². The van der Waals surface area contributed by atoms with Gasteiger partial charge in [-0.05, 0) is 69.5 Å². The Morgan fingerprint density at radius 3 is 2.04 bits per heavy atom. The van der Waals surface area contributed by atoms with Gasteiger partial charge in [-0.2, -0.15) is 0 Å². The molecule has 0 atom stereocenters. The minimum atomic E-state index is -1.03. The number of pyridine rings is 1. The van der Waals surface area contributed by atoms with E-state index in [0.29, 0.717) is 11.1 Å². The molecule has 0 saturated carbocycles. The summed E-state index contributed by atoms with van der Waals surface area (Å²) in [5, 5.41) is 11.3. The van der Waals surface area contributed by atoms with E-state index in [1.165, 1.54) is 12.1 Å². The number of carbonyl (C=O) groups is 1. The molecule has 6 nitrogen and oxygen atoms in total. The fraction of sp³-hybridized carbons (Fsp3) is 0.429. The molecule has 2 aromatic rings. The Kier molecular flexibility index (Phi) is 7.22. The van der Waals surface area contributed by atoms with E-state index in [1.54, 1.807) is 65.2 Å². The molecule has 0 radical (unpaired) electrons. The molecular formula is C21H28N2O4. The molecule has 1 aromatic heterocycles. The van der Waals surface area contributed by atoms with E-state index in [1.807, 2.05) is 13.8 Å². The van der Waals surface area contributed by atoms with Crippen LogP contribution in [-0.4, -0.2) is 21.5 Å². The molecule has 1 heterocycles. The predicted molar refractivity (Wildman–Crippen MR) is 107 cm³/mol. The predicted octanol–water partition coefficient (Wildman–Crippen LogP) is 5.30. The first-order valence-corrected chi connectivity index (χ1v) is 8.94. The molecule has 0 spiro atoms. The Morgan fingerprint density at radius 1 is 1.00 bits per heavy atom. The van der Waals surface area contributed by atoms with Crippen LogP contribution in [0.25, 0.3) is 11.1 Å². The first kappa shape index (κ1) is 22.3. The zero-order chi connectivity index (χ0) is 20.8. The van der Waals surface area contributed by atoms with Gasteiger partial charge in [0.25, 0.3) is 5.69 Å². The summed E-state index contributed by atoms with van der Waals surface area (Å²) < 4.78 is 5.48. The Bertz CT molecular complexity index is 794. The number of rotatable bonds is 4. The maximum Gasteiger partial charge on any atom is 0.316 e. The topological polar surface area (TPSA) is 82.3 Å². The van der Waals surface area contributed by atoms with Gasteiger partial charge >= 0.3 is 5.97 Å². The molecule has 0 saturated heterocycles. The van der Waals surface area contributed by atoms with Crippen molar-refractivity contribution in [1.82, 2.24) is 4.98 Å². The van der Waals surface area contributed by atoms with E-state index in [-0.39, 0.29) is 5.69 Å². The van der Waals surface area contributed by atoms with Gasteiger partial charge in [0, 0.05) is 24.5 Å². The SMILES string of the molecule is CC.CC(C)(C)OC(=O)C(C)(C)c1cc(-c2ccncc2)cc([N+](=O)[O-])c1. The second kappa shape index (κ2) is 8.75. The third kappa shape index (κ3) is 5.88. The van der Waals surface area contributed by atoms with Crippen molar-refractivity contribution >= 4 is 11.7 Å². The van der Waals surface area contributed by atoms with E-state index >= 15 is 0 Å². The number of aromatic nitrogens is 1. The molecule has 0 amide bonds. The van der Waals surface area contributed by atoms with Crippen molar-refractivity contribution < 1.29 is 14.5 Å². The lowest BCUT2D eigenvalue weighted by Gasteiger charge is -2.29. The zero-order valence-corrected chi connectivity index (χ0v) is 17.1. The number of hydrogen-bond donors (Lipinski definition) is 0. The van der Waals surface area contributed by atoms with Crippen LogP contribution in [0.5, 0.6) is 0 Å². The van der Waals surface area contributed by atoms with Gasteiger partial charge in [-0.3, -0.25) is 19.9 Å². The summed E-state index contributed by atoms with van der Waals surface area (Å²) in [5.41, 5.74) is 0.247. The first-order valence-electron chi connectivity index (χ1n) is 8.94. The molecule has 1 aromatic carbocycles. The monoisotopic (exact) mass is 372 g/mol. The van der Waals surface area contributed by atoms with E-state index in [0.717, 1.165) is 5.56 Å². The van der Waals surface area contributed by atoms with Gasteiger partial charge in [0.15, 0.2) is 0 Å². The smallest absolute Gasteiger partial charge is 0.316 e. The lowest BCUT2D eigenvalue weighted by Crippen LogP contribution is -2.36. The average molecular weight is 372 g/mol. The molecule has 0 N–H and O–H groups in total. The quantitative estimate of drug-likeness (QED) is 0.413. The number of nitro benzene ring substituents is 1. The molecule has 6 heteroatoms. The van der Waals surface area contributed by atoms with Crippen LogP contribution in [0.15, 0.2) is 42.7 Å². The molecule has 146 valence electrons. The second-order valence-electron chi connectivity index (χ2n) is 7.39. The highest BCUT2D eigenvalue weighted by Gasteiger charge is 2.35. The third-order valence-electron chi connectivity index (χ3n) is 3.77. The maximum absolute atomic E-state index is 12.6. The normalized spacial score (nSPS) is 11.2. The van der Waals surface area contributed by atoms with Gasteiger partial charge in [0.2, 0.25) is 0 Å². The lowest BCUT2D eigenvalue weighted by molar-refractivity contribution is -0.384. The number of hydrogen-bond acceptors (Lipinski definition) is 5. The lowest BCUT2D eigenvalue weighted by atomic mass is 9.82. The summed E-state index contributed by atoms with van der Waals surface area (Å²) in [4.78, 5) is 27.4. The molecule has 0 aliphatic carbocycles. The van der Waals surface area contributed by atoms with E-state index in [9.17, 15) is 14.9 Å². The summed E-state index contributed by atoms with van der Waals surface area (Å²) in [5.74, 6) is -0.429. The Morgan fingerprint density at radius 2 is 1.56 bits per heavy atom. The highest BCUT2D eigenvalue weighted by molar-refractivity contribution is 5.84. The van der Waals surface area contributed by atoms with Crippen LogP contribution in [0.2, 0.25) is 0 Å². The fourth-order valence-electron chi connectivity index (χ4n) is 2.31. The minimum Gasteiger partial charge on any atom is -0.459 e. The highest BCUT2D eigenvalue weighted by Crippen LogP contribution is 2.34. The standard InChI is InChI=1S/C19H22N2O4.C2H6/c1-18(2,3)25-17(22)19(4,5)15-10-14(11-16(12-15)21(23)24)13-6-8-20-9-7-13;1-2/h6-12H,1-5H3;1-2H3. The van der Waals surface area contributed by atoms with Crippen LogP contribution in [0.1, 0.15) is 54.0 Å². The van der Waals surface area contributed by atoms with Gasteiger partial charge in [-0.1, -0.05) is 13.8 Å². The highest BCUT2D eigenvalue weighted by atomic mass is 16.6. The Hall–Kier alpha value is -2.76. The van der Waals surface area contributed by atoms with E-state index in [4.69, 9.17) is 4.74 Å². The number of carbonyl (C=O) groups excluding carboxylic acids is 1. The third-order valence-corrected chi connectivity index (χ3v) is 3.77. The summed E-state index contributed by atoms with van der Waals surface area (Å²) in [6.45, 7) is 12.8. The van der Waals surface area contributed by atoms with Crippen molar-refractivity contribution in [3.05, 3.63) is 58.4 Å². The van der Waals surface area contributed by atoms with Crippen molar-refractivity contribution in [3.8, 4) is 11.1 Å². The Labute approximate surface area is 160 Å². The van der Waals surface area contributed by atoms with Crippen LogP contribution in [-0.2, 0) is 14.9 Å². The summed E-state index contributed by atoms with van der Waals surface area (Å²) in [6.07, 6.45) is 3.24. The van der Waals surface area contributed by atoms with Crippen molar-refractivity contribution in [2.45, 2.75) is 59.5 Å². The fourth-order valence-corrected chi connectivity index (χ4v) is 2.31. The van der Waals surface area contributed by atoms with Gasteiger partial charge < -0.3 is 4.74 Å². The number of esters is 1. The van der Waals surface area contributed by atoms with Crippen molar-refractivity contribution in [1.29, 1.82) is 0 Å². The molecular weight excluding hydrogens is 344 g/mol. The van der Waals surface area contributed by atoms with Crippen LogP contribution >= 0.6 is 0 Å². The number of ether oxygens (including phenoxy) is 1. The van der Waals surface area contributed by atoms with Crippen molar-refractivity contribution in [3.63, 3.8) is 0 Å². The number of benzene rings is 1. The average Bonchev–Trinajstić information content (AvgIpc) is 2.62. The molecule has 0 bridgehead atoms. The molecule has 27 heavy (non-hydrogen) atoms. The summed E-state index contributed by atoms with van der Waals surface area (Å²) in [7, 11) is 0. The summed E-state index contributed by atoms with van der Waals surface area (Å²) in [6, 6.07) is 8.23. The van der Waals surface area contributed by atoms with Crippen molar-refractivity contribution in [2.75, 3.05) is 0 Å². The van der Waals surface area contributed by atoms with Crippen LogP contribution in [0.3, 0.4) is 0 Å².